The van der Waals surface area contributed by atoms with Crippen LogP contribution in [0.25, 0.3) is 33.3 Å². The third kappa shape index (κ3) is 11.2. The molecule has 2 saturated heterocycles. The van der Waals surface area contributed by atoms with Gasteiger partial charge in [0.1, 0.15) is 18.1 Å². The van der Waals surface area contributed by atoms with Crippen LogP contribution in [0, 0.1) is 35.0 Å². The molecule has 4 atom stereocenters. The molecule has 352 valence electrons. The van der Waals surface area contributed by atoms with Crippen LogP contribution in [0.15, 0.2) is 55.1 Å². The summed E-state index contributed by atoms with van der Waals surface area (Å²) in [6.07, 6.45) is 7.88. The summed E-state index contributed by atoms with van der Waals surface area (Å²) < 4.78 is 8.35. The molecule has 15 heteroatoms. The summed E-state index contributed by atoms with van der Waals surface area (Å²) in [5.74, 6) is 4.09. The molecule has 15 nitrogen and oxygen atoms in total. The van der Waals surface area contributed by atoms with Crippen molar-refractivity contribution in [2.75, 3.05) is 67.0 Å². The van der Waals surface area contributed by atoms with Crippen molar-refractivity contribution in [3.8, 4) is 40.0 Å². The first-order valence-electron chi connectivity index (χ1n) is 23.4. The summed E-state index contributed by atoms with van der Waals surface area (Å²) in [4.78, 5) is 70.0. The van der Waals surface area contributed by atoms with E-state index in [1.165, 1.54) is 11.3 Å². The summed E-state index contributed by atoms with van der Waals surface area (Å²) in [5, 5.41) is 17.0. The highest BCUT2D eigenvalue weighted by atomic mass is 16.5. The van der Waals surface area contributed by atoms with E-state index >= 15 is 0 Å². The number of nitrogens with one attached hydrogen (secondary N) is 2. The van der Waals surface area contributed by atoms with Crippen molar-refractivity contribution in [1.29, 1.82) is 0 Å². The second-order valence-electron chi connectivity index (χ2n) is 19.8. The Hall–Kier alpha value is -5.82. The SMILES string of the molecule is CCn1c(-c2cncnc2)c2c3cc(ccc31)-c1cc(O)cc(c1)C[C@H](CNC(=O)[C@H](C(C)C)N(C)C[C@H]1CCN(C(=O)C#CCN(C)C)C1)C(=O)N1CCC[C@H](N1)C(=O)OCC(C)(C)C2. The van der Waals surface area contributed by atoms with E-state index < -0.39 is 29.4 Å². The third-order valence-electron chi connectivity index (χ3n) is 13.1. The molecule has 0 aliphatic carbocycles. The lowest BCUT2D eigenvalue weighted by molar-refractivity contribution is -0.155. The Labute approximate surface area is 389 Å². The Morgan fingerprint density at radius 2 is 1.80 bits per heavy atom. The highest BCUT2D eigenvalue weighted by Gasteiger charge is 2.37. The topological polar surface area (TPSA) is 165 Å². The van der Waals surface area contributed by atoms with Crippen molar-refractivity contribution in [3.63, 3.8) is 0 Å². The van der Waals surface area contributed by atoms with Crippen molar-refractivity contribution in [2.45, 2.75) is 85.4 Å². The van der Waals surface area contributed by atoms with Gasteiger partial charge in [0, 0.05) is 73.5 Å². The number of aromatic hydroxyl groups is 1. The Bertz CT molecular complexity index is 2470. The number of likely N-dealkylation sites (N-methyl/N-ethyl adjacent to an activating group) is 1. The Morgan fingerprint density at radius 1 is 1.03 bits per heavy atom. The van der Waals surface area contributed by atoms with Crippen LogP contribution in [0.5, 0.6) is 5.75 Å². The van der Waals surface area contributed by atoms with Gasteiger partial charge in [0.25, 0.3) is 5.91 Å². The van der Waals surface area contributed by atoms with Gasteiger partial charge in [-0.1, -0.05) is 45.7 Å². The molecule has 3 N–H and O–H groups in total. The first kappa shape index (κ1) is 48.1. The maximum absolute atomic E-state index is 14.7. The molecular weight excluding hydrogens is 835 g/mol. The fourth-order valence-electron chi connectivity index (χ4n) is 9.96. The minimum absolute atomic E-state index is 0.0321. The maximum atomic E-state index is 14.7. The number of rotatable bonds is 10. The number of aromatic nitrogens is 3. The van der Waals surface area contributed by atoms with Crippen molar-refractivity contribution >= 4 is 34.6 Å². The summed E-state index contributed by atoms with van der Waals surface area (Å²) >= 11 is 0. The summed E-state index contributed by atoms with van der Waals surface area (Å²) in [6.45, 7) is 13.9. The molecule has 7 rings (SSSR count). The van der Waals surface area contributed by atoms with Gasteiger partial charge in [-0.05, 0) is 124 Å². The molecule has 0 radical (unpaired) electrons. The highest BCUT2D eigenvalue weighted by Crippen LogP contribution is 2.40. The molecule has 5 heterocycles. The summed E-state index contributed by atoms with van der Waals surface area (Å²) in [6, 6.07) is 10.5. The Kier molecular flexibility index (Phi) is 15.2. The summed E-state index contributed by atoms with van der Waals surface area (Å²) in [5.41, 5.74) is 9.14. The number of hydrazine groups is 1. The smallest absolute Gasteiger partial charge is 0.324 e. The van der Waals surface area contributed by atoms with E-state index in [2.05, 4.69) is 81.0 Å². The van der Waals surface area contributed by atoms with E-state index in [9.17, 15) is 24.3 Å². The van der Waals surface area contributed by atoms with Crippen LogP contribution in [0.2, 0.25) is 0 Å². The average molecular weight is 902 g/mol. The number of likely N-dealkylation sites (tertiary alicyclic amines) is 1. The number of esters is 1. The Balaban J connectivity index is 1.18. The zero-order chi connectivity index (χ0) is 47.3. The van der Waals surface area contributed by atoms with E-state index in [1.807, 2.05) is 58.4 Å². The lowest BCUT2D eigenvalue weighted by Gasteiger charge is -2.36. The van der Waals surface area contributed by atoms with Gasteiger partial charge in [0.15, 0.2) is 0 Å². The third-order valence-corrected chi connectivity index (χ3v) is 13.1. The number of hydrogen-bond donors (Lipinski definition) is 3. The number of nitrogens with zero attached hydrogens (tertiary/aromatic N) is 7. The fourth-order valence-corrected chi connectivity index (χ4v) is 9.96. The van der Waals surface area contributed by atoms with Crippen molar-refractivity contribution in [3.05, 3.63) is 66.2 Å². The molecule has 0 spiro atoms. The van der Waals surface area contributed by atoms with Gasteiger partial charge in [-0.2, -0.15) is 0 Å². The molecule has 2 aromatic carbocycles. The molecule has 3 aliphatic rings. The van der Waals surface area contributed by atoms with Gasteiger partial charge >= 0.3 is 5.97 Å². The van der Waals surface area contributed by atoms with E-state index in [4.69, 9.17) is 4.74 Å². The van der Waals surface area contributed by atoms with E-state index in [1.54, 1.807) is 17.0 Å². The minimum atomic E-state index is -0.742. The van der Waals surface area contributed by atoms with Crippen LogP contribution < -0.4 is 10.7 Å². The number of fused-ring (bicyclic) bond motifs is 6. The second kappa shape index (κ2) is 20.8. The molecule has 2 aromatic heterocycles. The number of benzene rings is 2. The maximum Gasteiger partial charge on any atom is 0.324 e. The zero-order valence-electron chi connectivity index (χ0n) is 39.9. The standard InChI is InChI=1S/C51H67N9O6/c1-9-59-44-15-14-36-24-41(44)42(47(59)39-26-52-32-53-27-39)25-51(4,5)31-66-50(65)43-12-10-18-60(55-43)49(64)38(21-35-20-37(36)23-40(61)22-35)28-54-48(63)46(33(2)3)57(8)29-34-16-19-58(30-34)45(62)13-11-17-56(6)7/h14-15,20,22-24,26-27,32-34,38,43,46,55,61H,9-10,12,16-19,21,25,28-31H2,1-8H3,(H,54,63)/t34-,38-,43+,46+/m1/s1. The second-order valence-corrected chi connectivity index (χ2v) is 19.8. The lowest BCUT2D eigenvalue weighted by atomic mass is 9.84. The van der Waals surface area contributed by atoms with Gasteiger partial charge in [0.05, 0.1) is 30.8 Å². The molecule has 4 aromatic rings. The van der Waals surface area contributed by atoms with Gasteiger partial charge in [-0.15, -0.1) is 0 Å². The molecule has 6 bridgehead atoms. The first-order valence-corrected chi connectivity index (χ1v) is 23.4. The predicted molar refractivity (Wildman–Crippen MR) is 255 cm³/mol. The molecule has 3 amide bonds. The highest BCUT2D eigenvalue weighted by molar-refractivity contribution is 5.95. The molecule has 66 heavy (non-hydrogen) atoms. The fraction of sp³-hybridized carbons (Fsp3) is 0.529. The number of amides is 3. The van der Waals surface area contributed by atoms with Gasteiger partial charge in [0.2, 0.25) is 11.8 Å². The van der Waals surface area contributed by atoms with Gasteiger partial charge < -0.3 is 24.6 Å². The van der Waals surface area contributed by atoms with Crippen LogP contribution in [-0.4, -0.2) is 142 Å². The van der Waals surface area contributed by atoms with Crippen LogP contribution in [0.3, 0.4) is 0 Å². The van der Waals surface area contributed by atoms with E-state index in [-0.39, 0.29) is 54.9 Å². The van der Waals surface area contributed by atoms with Crippen molar-refractivity contribution in [2.24, 2.45) is 23.2 Å². The number of phenolic OH excluding ortho intramolecular Hbond substituents is 1. The van der Waals surface area contributed by atoms with Crippen LogP contribution >= 0.6 is 0 Å². The lowest BCUT2D eigenvalue weighted by Crippen LogP contribution is -2.58. The van der Waals surface area contributed by atoms with Gasteiger partial charge in [-0.3, -0.25) is 34.0 Å². The normalized spacial score (nSPS) is 20.6. The van der Waals surface area contributed by atoms with Crippen LogP contribution in [0.1, 0.15) is 65.0 Å². The van der Waals surface area contributed by atoms with Crippen molar-refractivity contribution in [1.82, 2.24) is 45.0 Å². The number of phenols is 1. The molecule has 2 fully saturated rings. The average Bonchev–Trinajstić information content (AvgIpc) is 3.88. The molecule has 0 saturated carbocycles. The van der Waals surface area contributed by atoms with E-state index in [0.717, 1.165) is 50.8 Å². The monoisotopic (exact) mass is 902 g/mol. The number of aryl methyl sites for hydroxylation is 1. The molecular formula is C51H67N9O6. The number of carbonyl (C=O) groups excluding carboxylic acids is 4. The first-order chi connectivity index (χ1) is 31.5. The number of carbonyl (C=O) groups is 4. The van der Waals surface area contributed by atoms with E-state index in [0.29, 0.717) is 58.5 Å². The number of cyclic esters (lactones) is 1. The van der Waals surface area contributed by atoms with Crippen LogP contribution in [-0.2, 0) is 43.3 Å². The molecule has 0 unspecified atom stereocenters. The zero-order valence-corrected chi connectivity index (χ0v) is 39.9. The Morgan fingerprint density at radius 3 is 2.53 bits per heavy atom. The van der Waals surface area contributed by atoms with Gasteiger partial charge in [-0.25, -0.2) is 15.4 Å². The van der Waals surface area contributed by atoms with Crippen molar-refractivity contribution < 1.29 is 29.0 Å². The summed E-state index contributed by atoms with van der Waals surface area (Å²) in [7, 11) is 5.76. The minimum Gasteiger partial charge on any atom is -0.508 e. The predicted octanol–water partition coefficient (Wildman–Crippen LogP) is 4.76. The molecule has 3 aliphatic heterocycles. The largest absolute Gasteiger partial charge is 0.508 e. The number of hydrogen-bond acceptors (Lipinski definition) is 11. The quantitative estimate of drug-likeness (QED) is 0.149. The number of ether oxygens (including phenoxy) is 1. The van der Waals surface area contributed by atoms with Crippen LogP contribution in [0.4, 0.5) is 0 Å².